The number of aromatic amines is 1. The average molecular weight is 306 g/mol. The summed E-state index contributed by atoms with van der Waals surface area (Å²) in [4.78, 5) is 24.8. The molecular weight excluding hydrogens is 288 g/mol. The van der Waals surface area contributed by atoms with Gasteiger partial charge < -0.3 is 20.4 Å². The first-order chi connectivity index (χ1) is 9.42. The zero-order valence-corrected chi connectivity index (χ0v) is 11.7. The van der Waals surface area contributed by atoms with Crippen LogP contribution in [0.3, 0.4) is 0 Å². The minimum atomic E-state index is -1.62. The lowest BCUT2D eigenvalue weighted by Crippen LogP contribution is -2.45. The van der Waals surface area contributed by atoms with Gasteiger partial charge >= 0.3 is 5.69 Å². The molecule has 8 nitrogen and oxygen atoms in total. The number of nitrogens with one attached hydrogen (secondary N) is 1. The molecule has 1 heterocycles. The maximum Gasteiger partial charge on any atom is 0.329 e. The second kappa shape index (κ2) is 7.60. The molecule has 0 aromatic carbocycles. The van der Waals surface area contributed by atoms with Crippen molar-refractivity contribution in [2.45, 2.75) is 30.6 Å². The van der Waals surface area contributed by atoms with E-state index in [1.54, 1.807) is 6.92 Å². The van der Waals surface area contributed by atoms with Crippen LogP contribution in [0, 0.1) is 0 Å². The molecule has 0 saturated heterocycles. The van der Waals surface area contributed by atoms with Crippen LogP contribution in [0.5, 0.6) is 0 Å². The summed E-state index contributed by atoms with van der Waals surface area (Å²) in [7, 11) is 0. The van der Waals surface area contributed by atoms with Gasteiger partial charge in [0.05, 0.1) is 6.61 Å². The SMILES string of the molecule is CCS[C@@H]([C@H](O)[C@H](O)[C@H](O)CO)n1ccc(=O)[nH]c1=O. The van der Waals surface area contributed by atoms with E-state index >= 15 is 0 Å². The third kappa shape index (κ3) is 3.93. The van der Waals surface area contributed by atoms with Crippen LogP contribution in [0.4, 0.5) is 0 Å². The van der Waals surface area contributed by atoms with Crippen LogP contribution >= 0.6 is 11.8 Å². The monoisotopic (exact) mass is 306 g/mol. The van der Waals surface area contributed by atoms with Crippen LogP contribution in [0.2, 0.25) is 0 Å². The number of H-pyrrole nitrogens is 1. The van der Waals surface area contributed by atoms with E-state index in [1.807, 2.05) is 4.98 Å². The molecule has 0 spiro atoms. The highest BCUT2D eigenvalue weighted by molar-refractivity contribution is 7.99. The van der Waals surface area contributed by atoms with Gasteiger partial charge in [-0.15, -0.1) is 11.8 Å². The van der Waals surface area contributed by atoms with E-state index in [0.29, 0.717) is 5.75 Å². The summed E-state index contributed by atoms with van der Waals surface area (Å²) in [6.45, 7) is 1.07. The third-order valence-corrected chi connectivity index (χ3v) is 3.87. The highest BCUT2D eigenvalue weighted by Crippen LogP contribution is 2.27. The van der Waals surface area contributed by atoms with Crippen molar-refractivity contribution < 1.29 is 20.4 Å². The van der Waals surface area contributed by atoms with Crippen molar-refractivity contribution in [3.8, 4) is 0 Å². The quantitative estimate of drug-likeness (QED) is 0.388. The molecule has 0 aliphatic heterocycles. The molecule has 0 fully saturated rings. The fourth-order valence-corrected chi connectivity index (χ4v) is 2.67. The number of nitrogens with zero attached hydrogens (tertiary/aromatic N) is 1. The molecule has 4 atom stereocenters. The second-order valence-corrected chi connectivity index (χ2v) is 5.49. The Morgan fingerprint density at radius 2 is 1.95 bits per heavy atom. The first-order valence-corrected chi connectivity index (χ1v) is 7.05. The van der Waals surface area contributed by atoms with E-state index in [1.165, 1.54) is 6.20 Å². The molecule has 9 heteroatoms. The Labute approximate surface area is 118 Å². The molecule has 0 amide bonds. The Kier molecular flexibility index (Phi) is 6.43. The molecule has 0 aliphatic rings. The Morgan fingerprint density at radius 3 is 2.45 bits per heavy atom. The van der Waals surface area contributed by atoms with Gasteiger partial charge in [0.1, 0.15) is 23.7 Å². The predicted molar refractivity (Wildman–Crippen MR) is 73.6 cm³/mol. The summed E-state index contributed by atoms with van der Waals surface area (Å²) >= 11 is 1.15. The van der Waals surface area contributed by atoms with Gasteiger partial charge in [0.15, 0.2) is 0 Å². The lowest BCUT2D eigenvalue weighted by molar-refractivity contribution is -0.0821. The minimum Gasteiger partial charge on any atom is -0.394 e. The van der Waals surface area contributed by atoms with Gasteiger partial charge in [0.2, 0.25) is 0 Å². The van der Waals surface area contributed by atoms with E-state index in [9.17, 15) is 24.9 Å². The van der Waals surface area contributed by atoms with Crippen LogP contribution in [-0.4, -0.2) is 60.6 Å². The van der Waals surface area contributed by atoms with E-state index in [4.69, 9.17) is 5.11 Å². The number of thioether (sulfide) groups is 1. The van der Waals surface area contributed by atoms with Crippen LogP contribution in [0.15, 0.2) is 21.9 Å². The lowest BCUT2D eigenvalue weighted by Gasteiger charge is -2.29. The van der Waals surface area contributed by atoms with Crippen LogP contribution in [0.25, 0.3) is 0 Å². The zero-order valence-electron chi connectivity index (χ0n) is 10.8. The molecule has 114 valence electrons. The molecule has 1 aromatic rings. The van der Waals surface area contributed by atoms with Crippen molar-refractivity contribution in [1.29, 1.82) is 0 Å². The molecule has 1 aromatic heterocycles. The summed E-state index contributed by atoms with van der Waals surface area (Å²) < 4.78 is 1.06. The first kappa shape index (κ1) is 16.9. The van der Waals surface area contributed by atoms with Crippen LogP contribution < -0.4 is 11.2 Å². The molecule has 1 rings (SSSR count). The van der Waals surface area contributed by atoms with Gasteiger partial charge in [-0.3, -0.25) is 14.3 Å². The van der Waals surface area contributed by atoms with Crippen molar-refractivity contribution in [3.05, 3.63) is 33.1 Å². The van der Waals surface area contributed by atoms with Gasteiger partial charge in [0, 0.05) is 12.3 Å². The van der Waals surface area contributed by atoms with Gasteiger partial charge in [-0.25, -0.2) is 4.79 Å². The summed E-state index contributed by atoms with van der Waals surface area (Å²) in [6.07, 6.45) is -3.44. The van der Waals surface area contributed by atoms with Gasteiger partial charge in [-0.1, -0.05) is 6.92 Å². The number of hydrogen-bond acceptors (Lipinski definition) is 7. The summed E-state index contributed by atoms with van der Waals surface area (Å²) in [5, 5.41) is 37.0. The number of rotatable bonds is 7. The fourth-order valence-electron chi connectivity index (χ4n) is 1.65. The Hall–Kier alpha value is -1.13. The first-order valence-electron chi connectivity index (χ1n) is 6.00. The standard InChI is InChI=1S/C11H18N2O6S/c1-2-20-10(9(18)8(17)6(15)5-14)13-4-3-7(16)12-11(13)19/h3-4,6,8-10,14-15,17-18H,2,5H2,1H3,(H,12,16,19)/t6-,8-,9-,10+/m1/s1. The normalized spacial score (nSPS) is 17.4. The molecule has 0 unspecified atom stereocenters. The van der Waals surface area contributed by atoms with Crippen molar-refractivity contribution in [2.24, 2.45) is 0 Å². The second-order valence-electron chi connectivity index (χ2n) is 4.09. The van der Waals surface area contributed by atoms with Crippen molar-refractivity contribution in [2.75, 3.05) is 12.4 Å². The van der Waals surface area contributed by atoms with E-state index in [-0.39, 0.29) is 0 Å². The zero-order chi connectivity index (χ0) is 15.3. The number of aliphatic hydroxyl groups is 4. The van der Waals surface area contributed by atoms with Crippen molar-refractivity contribution in [3.63, 3.8) is 0 Å². The topological polar surface area (TPSA) is 136 Å². The Bertz CT molecular complexity index is 530. The fraction of sp³-hybridized carbons (Fsp3) is 0.636. The number of aromatic nitrogens is 2. The van der Waals surface area contributed by atoms with E-state index in [0.717, 1.165) is 22.4 Å². The number of hydrogen-bond donors (Lipinski definition) is 5. The molecule has 0 aliphatic carbocycles. The maximum atomic E-state index is 11.7. The predicted octanol–water partition coefficient (Wildman–Crippen LogP) is -2.14. The highest BCUT2D eigenvalue weighted by atomic mass is 32.2. The molecule has 0 bridgehead atoms. The molecule has 0 radical (unpaired) electrons. The molecule has 0 saturated carbocycles. The average Bonchev–Trinajstić information content (AvgIpc) is 2.43. The van der Waals surface area contributed by atoms with E-state index < -0.39 is 41.5 Å². The number of aliphatic hydroxyl groups excluding tert-OH is 4. The van der Waals surface area contributed by atoms with Gasteiger partial charge in [-0.05, 0) is 5.75 Å². The Balaban J connectivity index is 3.10. The third-order valence-electron chi connectivity index (χ3n) is 2.69. The summed E-state index contributed by atoms with van der Waals surface area (Å²) in [6, 6.07) is 1.12. The Morgan fingerprint density at radius 1 is 1.30 bits per heavy atom. The lowest BCUT2D eigenvalue weighted by atomic mass is 10.1. The smallest absolute Gasteiger partial charge is 0.329 e. The minimum absolute atomic E-state index is 0.523. The van der Waals surface area contributed by atoms with Crippen LogP contribution in [-0.2, 0) is 0 Å². The molecule has 20 heavy (non-hydrogen) atoms. The molecular formula is C11H18N2O6S. The largest absolute Gasteiger partial charge is 0.394 e. The maximum absolute atomic E-state index is 11.7. The van der Waals surface area contributed by atoms with Crippen molar-refractivity contribution >= 4 is 11.8 Å². The van der Waals surface area contributed by atoms with E-state index in [2.05, 4.69) is 0 Å². The summed E-state index contributed by atoms with van der Waals surface area (Å²) in [5.41, 5.74) is -1.30. The van der Waals surface area contributed by atoms with Gasteiger partial charge in [0.25, 0.3) is 5.56 Å². The van der Waals surface area contributed by atoms with Crippen LogP contribution in [0.1, 0.15) is 12.3 Å². The van der Waals surface area contributed by atoms with Crippen molar-refractivity contribution in [1.82, 2.24) is 9.55 Å². The highest BCUT2D eigenvalue weighted by Gasteiger charge is 2.32. The summed E-state index contributed by atoms with van der Waals surface area (Å²) in [5.74, 6) is 0.523. The molecule has 5 N–H and O–H groups in total. The van der Waals surface area contributed by atoms with Gasteiger partial charge in [-0.2, -0.15) is 0 Å².